The Hall–Kier alpha value is -1.29. The van der Waals surface area contributed by atoms with E-state index in [1.54, 1.807) is 30.3 Å². The fourth-order valence-electron chi connectivity index (χ4n) is 1.52. The zero-order chi connectivity index (χ0) is 14.7. The van der Waals surface area contributed by atoms with Gasteiger partial charge in [-0.3, -0.25) is 4.79 Å². The molecule has 0 radical (unpaired) electrons. The fraction of sp³-hybridized carbons (Fsp3) is 0. The first-order valence-corrected chi connectivity index (χ1v) is 7.31. The van der Waals surface area contributed by atoms with E-state index < -0.39 is 0 Å². The molecular formula is C14H7Cl2IN2O. The maximum atomic E-state index is 12.1. The quantitative estimate of drug-likeness (QED) is 0.720. The molecule has 0 heterocycles. The van der Waals surface area contributed by atoms with Crippen LogP contribution in [-0.4, -0.2) is 5.91 Å². The SMILES string of the molecule is N#Cc1ccc(NC(=O)c2ccc(I)c(Cl)c2)c(Cl)c1. The topological polar surface area (TPSA) is 52.9 Å². The van der Waals surface area contributed by atoms with E-state index in [2.05, 4.69) is 27.9 Å². The second-order valence-corrected chi connectivity index (χ2v) is 5.87. The summed E-state index contributed by atoms with van der Waals surface area (Å²) in [6.07, 6.45) is 0. The lowest BCUT2D eigenvalue weighted by atomic mass is 10.2. The molecule has 6 heteroatoms. The number of nitrogens with one attached hydrogen (secondary N) is 1. The molecule has 0 atom stereocenters. The number of carbonyl (C=O) groups is 1. The Morgan fingerprint density at radius 3 is 2.50 bits per heavy atom. The summed E-state index contributed by atoms with van der Waals surface area (Å²) >= 11 is 14.1. The summed E-state index contributed by atoms with van der Waals surface area (Å²) in [5.74, 6) is -0.310. The number of nitrogens with zero attached hydrogens (tertiary/aromatic N) is 1. The lowest BCUT2D eigenvalue weighted by Crippen LogP contribution is -2.12. The number of hydrogen-bond donors (Lipinski definition) is 1. The van der Waals surface area contributed by atoms with Gasteiger partial charge in [-0.15, -0.1) is 0 Å². The van der Waals surface area contributed by atoms with Crippen molar-refractivity contribution in [2.45, 2.75) is 0 Å². The molecule has 1 amide bonds. The van der Waals surface area contributed by atoms with E-state index in [0.29, 0.717) is 26.9 Å². The first-order valence-electron chi connectivity index (χ1n) is 5.47. The minimum atomic E-state index is -0.310. The van der Waals surface area contributed by atoms with Crippen molar-refractivity contribution in [1.82, 2.24) is 0 Å². The van der Waals surface area contributed by atoms with E-state index in [-0.39, 0.29) is 5.91 Å². The van der Waals surface area contributed by atoms with Crippen LogP contribution < -0.4 is 5.32 Å². The summed E-state index contributed by atoms with van der Waals surface area (Å²) in [7, 11) is 0. The van der Waals surface area contributed by atoms with E-state index in [9.17, 15) is 4.79 Å². The Bertz CT molecular complexity index is 726. The normalized spacial score (nSPS) is 9.90. The third-order valence-corrected chi connectivity index (χ3v) is 4.41. The Balaban J connectivity index is 2.23. The number of carbonyl (C=O) groups excluding carboxylic acids is 1. The van der Waals surface area contributed by atoms with Crippen LogP contribution >= 0.6 is 45.8 Å². The van der Waals surface area contributed by atoms with Crippen LogP contribution in [0.25, 0.3) is 0 Å². The number of anilines is 1. The van der Waals surface area contributed by atoms with E-state index in [1.807, 2.05) is 6.07 Å². The number of amides is 1. The number of halogens is 3. The summed E-state index contributed by atoms with van der Waals surface area (Å²) in [6, 6.07) is 11.7. The van der Waals surface area contributed by atoms with Crippen molar-refractivity contribution in [1.29, 1.82) is 5.26 Å². The van der Waals surface area contributed by atoms with Crippen molar-refractivity contribution in [3.8, 4) is 6.07 Å². The molecule has 0 aliphatic rings. The van der Waals surface area contributed by atoms with Gasteiger partial charge in [0.1, 0.15) is 0 Å². The van der Waals surface area contributed by atoms with Crippen molar-refractivity contribution in [3.63, 3.8) is 0 Å². The molecule has 20 heavy (non-hydrogen) atoms. The van der Waals surface area contributed by atoms with Crippen molar-refractivity contribution in [3.05, 3.63) is 61.1 Å². The van der Waals surface area contributed by atoms with Crippen LogP contribution in [0.15, 0.2) is 36.4 Å². The second-order valence-electron chi connectivity index (χ2n) is 3.89. The van der Waals surface area contributed by atoms with Crippen LogP contribution in [0.3, 0.4) is 0 Å². The average molecular weight is 417 g/mol. The summed E-state index contributed by atoms with van der Waals surface area (Å²) in [6.45, 7) is 0. The van der Waals surface area contributed by atoms with Gasteiger partial charge in [-0.1, -0.05) is 23.2 Å². The Kier molecular flexibility index (Phi) is 4.86. The lowest BCUT2D eigenvalue weighted by molar-refractivity contribution is 0.102. The van der Waals surface area contributed by atoms with Gasteiger partial charge in [0.2, 0.25) is 0 Å². The monoisotopic (exact) mass is 416 g/mol. The van der Waals surface area contributed by atoms with Gasteiger partial charge in [0.15, 0.2) is 0 Å². The Morgan fingerprint density at radius 2 is 1.90 bits per heavy atom. The van der Waals surface area contributed by atoms with Crippen molar-refractivity contribution < 1.29 is 4.79 Å². The molecule has 2 aromatic carbocycles. The molecule has 0 saturated carbocycles. The van der Waals surface area contributed by atoms with E-state index in [1.165, 1.54) is 6.07 Å². The first kappa shape index (κ1) is 15.1. The van der Waals surface area contributed by atoms with Crippen LogP contribution in [0.4, 0.5) is 5.69 Å². The van der Waals surface area contributed by atoms with Crippen LogP contribution in [0.5, 0.6) is 0 Å². The van der Waals surface area contributed by atoms with Crippen LogP contribution in [0.2, 0.25) is 10.0 Å². The van der Waals surface area contributed by atoms with Crippen molar-refractivity contribution in [2.75, 3.05) is 5.32 Å². The van der Waals surface area contributed by atoms with Gasteiger partial charge in [0.05, 0.1) is 27.4 Å². The highest BCUT2D eigenvalue weighted by molar-refractivity contribution is 14.1. The second kappa shape index (κ2) is 6.44. The molecule has 3 nitrogen and oxygen atoms in total. The van der Waals surface area contributed by atoms with Gasteiger partial charge >= 0.3 is 0 Å². The predicted molar refractivity (Wildman–Crippen MR) is 88.3 cm³/mol. The number of nitriles is 1. The molecule has 0 aliphatic heterocycles. The fourth-order valence-corrected chi connectivity index (χ4v) is 2.26. The van der Waals surface area contributed by atoms with Crippen LogP contribution in [-0.2, 0) is 0 Å². The predicted octanol–water partition coefficient (Wildman–Crippen LogP) is 4.72. The molecule has 0 aromatic heterocycles. The minimum absolute atomic E-state index is 0.310. The van der Waals surface area contributed by atoms with Crippen LogP contribution in [0.1, 0.15) is 15.9 Å². The summed E-state index contributed by atoms with van der Waals surface area (Å²) in [5, 5.41) is 12.3. The molecule has 0 saturated heterocycles. The Labute approximate surface area is 139 Å². The lowest BCUT2D eigenvalue weighted by Gasteiger charge is -2.08. The zero-order valence-electron chi connectivity index (χ0n) is 9.95. The van der Waals surface area contributed by atoms with Crippen LogP contribution in [0, 0.1) is 14.9 Å². The molecule has 0 spiro atoms. The molecule has 2 aromatic rings. The molecule has 100 valence electrons. The standard InChI is InChI=1S/C14H7Cl2IN2O/c15-10-6-9(2-3-12(10)17)14(20)19-13-4-1-8(7-18)5-11(13)16/h1-6H,(H,19,20). The molecule has 0 unspecified atom stereocenters. The summed E-state index contributed by atoms with van der Waals surface area (Å²) in [5.41, 5.74) is 1.33. The molecule has 2 rings (SSSR count). The Morgan fingerprint density at radius 1 is 1.15 bits per heavy atom. The largest absolute Gasteiger partial charge is 0.321 e. The molecular weight excluding hydrogens is 410 g/mol. The smallest absolute Gasteiger partial charge is 0.255 e. The molecule has 0 fully saturated rings. The number of rotatable bonds is 2. The third-order valence-electron chi connectivity index (χ3n) is 2.53. The molecule has 0 bridgehead atoms. The average Bonchev–Trinajstić information content (AvgIpc) is 2.43. The number of benzene rings is 2. The first-order chi connectivity index (χ1) is 9.51. The van der Waals surface area contributed by atoms with Crippen molar-refractivity contribution in [2.24, 2.45) is 0 Å². The summed E-state index contributed by atoms with van der Waals surface area (Å²) < 4.78 is 0.872. The highest BCUT2D eigenvalue weighted by Crippen LogP contribution is 2.24. The summed E-state index contributed by atoms with van der Waals surface area (Å²) in [4.78, 5) is 12.1. The van der Waals surface area contributed by atoms with Gasteiger partial charge in [0.25, 0.3) is 5.91 Å². The van der Waals surface area contributed by atoms with Gasteiger partial charge in [-0.2, -0.15) is 5.26 Å². The molecule has 1 N–H and O–H groups in total. The van der Waals surface area contributed by atoms with Crippen molar-refractivity contribution >= 4 is 57.4 Å². The highest BCUT2D eigenvalue weighted by atomic mass is 127. The van der Waals surface area contributed by atoms with Gasteiger partial charge in [0, 0.05) is 9.13 Å². The number of hydrogen-bond acceptors (Lipinski definition) is 2. The van der Waals surface area contributed by atoms with Gasteiger partial charge in [-0.25, -0.2) is 0 Å². The highest BCUT2D eigenvalue weighted by Gasteiger charge is 2.10. The van der Waals surface area contributed by atoms with E-state index >= 15 is 0 Å². The van der Waals surface area contributed by atoms with Gasteiger partial charge < -0.3 is 5.32 Å². The van der Waals surface area contributed by atoms with E-state index in [0.717, 1.165) is 3.57 Å². The van der Waals surface area contributed by atoms with E-state index in [4.69, 9.17) is 28.5 Å². The maximum Gasteiger partial charge on any atom is 0.255 e. The van der Waals surface area contributed by atoms with Gasteiger partial charge in [-0.05, 0) is 59.0 Å². The minimum Gasteiger partial charge on any atom is -0.321 e. The molecule has 0 aliphatic carbocycles. The third kappa shape index (κ3) is 3.42. The zero-order valence-corrected chi connectivity index (χ0v) is 13.6. The maximum absolute atomic E-state index is 12.1.